The maximum absolute atomic E-state index is 12.5. The number of carbonyl (C=O) groups excluding carboxylic acids is 2. The van der Waals surface area contributed by atoms with Crippen molar-refractivity contribution in [2.45, 2.75) is 25.8 Å². The minimum absolute atomic E-state index is 0.0227. The Morgan fingerprint density at radius 2 is 1.64 bits per heavy atom. The summed E-state index contributed by atoms with van der Waals surface area (Å²) in [6, 6.07) is 11.7. The number of aliphatic hydroxyl groups is 1. The highest BCUT2D eigenvalue weighted by atomic mass is 16.5. The average molecular weight is 381 g/mol. The van der Waals surface area contributed by atoms with Gasteiger partial charge in [0.1, 0.15) is 5.76 Å². The molecule has 1 fully saturated rings. The second kappa shape index (κ2) is 7.76. The van der Waals surface area contributed by atoms with E-state index in [1.165, 1.54) is 14.2 Å². The third-order valence-electron chi connectivity index (χ3n) is 4.86. The number of hydrogen-bond acceptors (Lipinski definition) is 5. The molecule has 2 aromatic carbocycles. The quantitative estimate of drug-likeness (QED) is 0.470. The van der Waals surface area contributed by atoms with Crippen LogP contribution in [-0.2, 0) is 9.59 Å². The maximum atomic E-state index is 12.5. The van der Waals surface area contributed by atoms with Gasteiger partial charge in [-0.3, -0.25) is 9.59 Å². The molecule has 1 saturated heterocycles. The van der Waals surface area contributed by atoms with Crippen LogP contribution < -0.4 is 14.8 Å². The lowest BCUT2D eigenvalue weighted by atomic mass is 9.93. The van der Waals surface area contributed by atoms with E-state index in [4.69, 9.17) is 9.47 Å². The van der Waals surface area contributed by atoms with Crippen molar-refractivity contribution in [3.63, 3.8) is 0 Å². The Hall–Kier alpha value is -3.28. The fourth-order valence-electron chi connectivity index (χ4n) is 3.23. The number of rotatable bonds is 5. The molecule has 146 valence electrons. The molecule has 1 heterocycles. The molecule has 2 aromatic rings. The summed E-state index contributed by atoms with van der Waals surface area (Å²) in [5.41, 5.74) is 2.26. The van der Waals surface area contributed by atoms with Crippen LogP contribution in [0.1, 0.15) is 42.5 Å². The first-order valence-corrected chi connectivity index (χ1v) is 8.98. The number of Topliss-reactive ketones (excluding diaryl/α,β-unsaturated/α-hetero) is 1. The number of amides is 1. The zero-order chi connectivity index (χ0) is 20.4. The van der Waals surface area contributed by atoms with Gasteiger partial charge in [-0.05, 0) is 35.2 Å². The summed E-state index contributed by atoms with van der Waals surface area (Å²) in [5, 5.41) is 13.5. The standard InChI is InChI=1S/C22H23NO5/c1-12(2)13-5-7-14(8-6-13)19-18(21(25)22(26)23-19)20(24)15-9-10-16(27-3)17(11-15)28-4/h5-12,19,24H,1-4H3,(H,23,26)/b20-18+. The Labute approximate surface area is 163 Å². The highest BCUT2D eigenvalue weighted by Crippen LogP contribution is 2.36. The summed E-state index contributed by atoms with van der Waals surface area (Å²) in [4.78, 5) is 24.5. The topological polar surface area (TPSA) is 84.9 Å². The summed E-state index contributed by atoms with van der Waals surface area (Å²) in [6.07, 6.45) is 0. The molecule has 1 aliphatic heterocycles. The third kappa shape index (κ3) is 3.45. The minimum atomic E-state index is -0.745. The van der Waals surface area contributed by atoms with E-state index < -0.39 is 17.7 Å². The van der Waals surface area contributed by atoms with E-state index in [0.717, 1.165) is 11.1 Å². The molecule has 1 amide bonds. The normalized spacial score (nSPS) is 18.2. The van der Waals surface area contributed by atoms with Crippen LogP contribution in [0.3, 0.4) is 0 Å². The SMILES string of the molecule is COc1ccc(/C(O)=C2\C(=O)C(=O)NC2c2ccc(C(C)C)cc2)cc1OC. The summed E-state index contributed by atoms with van der Waals surface area (Å²) < 4.78 is 10.5. The van der Waals surface area contributed by atoms with E-state index in [9.17, 15) is 14.7 Å². The lowest BCUT2D eigenvalue weighted by molar-refractivity contribution is -0.133. The Morgan fingerprint density at radius 1 is 1.00 bits per heavy atom. The highest BCUT2D eigenvalue weighted by molar-refractivity contribution is 6.46. The molecule has 2 N–H and O–H groups in total. The number of carbonyl (C=O) groups is 2. The van der Waals surface area contributed by atoms with E-state index in [-0.39, 0.29) is 11.3 Å². The molecule has 0 bridgehead atoms. The Balaban J connectivity index is 2.07. The Bertz CT molecular complexity index is 944. The molecule has 1 unspecified atom stereocenters. The van der Waals surface area contributed by atoms with Crippen LogP contribution in [0.15, 0.2) is 48.0 Å². The summed E-state index contributed by atoms with van der Waals surface area (Å²) >= 11 is 0. The van der Waals surface area contributed by atoms with Crippen molar-refractivity contribution in [2.24, 2.45) is 0 Å². The number of ether oxygens (including phenoxy) is 2. The fourth-order valence-corrected chi connectivity index (χ4v) is 3.23. The first-order chi connectivity index (χ1) is 13.4. The second-order valence-corrected chi connectivity index (χ2v) is 6.89. The zero-order valence-electron chi connectivity index (χ0n) is 16.3. The predicted molar refractivity (Wildman–Crippen MR) is 106 cm³/mol. The molecule has 6 nitrogen and oxygen atoms in total. The molecule has 1 atom stereocenters. The van der Waals surface area contributed by atoms with Crippen molar-refractivity contribution in [2.75, 3.05) is 14.2 Å². The second-order valence-electron chi connectivity index (χ2n) is 6.89. The molecule has 0 aromatic heterocycles. The third-order valence-corrected chi connectivity index (χ3v) is 4.86. The fraction of sp³-hybridized carbons (Fsp3) is 0.273. The van der Waals surface area contributed by atoms with Gasteiger partial charge in [0.2, 0.25) is 0 Å². The van der Waals surface area contributed by atoms with Crippen LogP contribution in [0.4, 0.5) is 0 Å². The molecular formula is C22H23NO5. The lowest BCUT2D eigenvalue weighted by Gasteiger charge is -2.16. The number of aliphatic hydroxyl groups excluding tert-OH is 1. The smallest absolute Gasteiger partial charge is 0.293 e. The predicted octanol–water partition coefficient (Wildman–Crippen LogP) is 3.54. The van der Waals surface area contributed by atoms with Gasteiger partial charge in [0.15, 0.2) is 11.5 Å². The number of benzene rings is 2. The maximum Gasteiger partial charge on any atom is 0.293 e. The summed E-state index contributed by atoms with van der Waals surface area (Å²) in [7, 11) is 2.99. The van der Waals surface area contributed by atoms with Crippen LogP contribution >= 0.6 is 0 Å². The molecule has 0 saturated carbocycles. The van der Waals surface area contributed by atoms with Crippen LogP contribution in [0.2, 0.25) is 0 Å². The van der Waals surface area contributed by atoms with Gasteiger partial charge in [-0.15, -0.1) is 0 Å². The van der Waals surface area contributed by atoms with Gasteiger partial charge >= 0.3 is 0 Å². The van der Waals surface area contributed by atoms with Crippen LogP contribution in [0, 0.1) is 0 Å². The Kier molecular flexibility index (Phi) is 5.40. The van der Waals surface area contributed by atoms with Gasteiger partial charge in [0.25, 0.3) is 11.7 Å². The van der Waals surface area contributed by atoms with Crippen LogP contribution in [-0.4, -0.2) is 31.0 Å². The van der Waals surface area contributed by atoms with Gasteiger partial charge in [-0.25, -0.2) is 0 Å². The van der Waals surface area contributed by atoms with Crippen molar-refractivity contribution >= 4 is 17.4 Å². The average Bonchev–Trinajstić information content (AvgIpc) is 3.01. The number of nitrogens with one attached hydrogen (secondary N) is 1. The van der Waals surface area contributed by atoms with Crippen molar-refractivity contribution < 1.29 is 24.2 Å². The summed E-state index contributed by atoms with van der Waals surface area (Å²) in [5.74, 6) is -0.469. The highest BCUT2D eigenvalue weighted by Gasteiger charge is 2.39. The molecule has 0 aliphatic carbocycles. The molecule has 28 heavy (non-hydrogen) atoms. The van der Waals surface area contributed by atoms with Crippen molar-refractivity contribution in [1.82, 2.24) is 5.32 Å². The minimum Gasteiger partial charge on any atom is -0.507 e. The number of ketones is 1. The number of hydrogen-bond donors (Lipinski definition) is 2. The van der Waals surface area contributed by atoms with Crippen molar-refractivity contribution in [3.8, 4) is 11.5 Å². The molecule has 6 heteroatoms. The van der Waals surface area contributed by atoms with Gasteiger partial charge in [-0.1, -0.05) is 38.1 Å². The van der Waals surface area contributed by atoms with Crippen molar-refractivity contribution in [3.05, 3.63) is 64.7 Å². The van der Waals surface area contributed by atoms with Gasteiger partial charge in [0, 0.05) is 5.56 Å². The summed E-state index contributed by atoms with van der Waals surface area (Å²) in [6.45, 7) is 4.17. The molecule has 1 aliphatic rings. The first kappa shape index (κ1) is 19.5. The Morgan fingerprint density at radius 3 is 2.21 bits per heavy atom. The molecular weight excluding hydrogens is 358 g/mol. The van der Waals surface area contributed by atoms with Gasteiger partial charge in [0.05, 0.1) is 25.8 Å². The van der Waals surface area contributed by atoms with E-state index in [1.54, 1.807) is 18.2 Å². The molecule has 3 rings (SSSR count). The van der Waals surface area contributed by atoms with Crippen molar-refractivity contribution in [1.29, 1.82) is 0 Å². The van der Waals surface area contributed by atoms with E-state index >= 15 is 0 Å². The first-order valence-electron chi connectivity index (χ1n) is 8.98. The zero-order valence-corrected chi connectivity index (χ0v) is 16.3. The monoisotopic (exact) mass is 381 g/mol. The molecule has 0 spiro atoms. The molecule has 0 radical (unpaired) electrons. The van der Waals surface area contributed by atoms with Crippen LogP contribution in [0.25, 0.3) is 5.76 Å². The largest absolute Gasteiger partial charge is 0.507 e. The van der Waals surface area contributed by atoms with E-state index in [0.29, 0.717) is 23.0 Å². The van der Waals surface area contributed by atoms with E-state index in [1.807, 2.05) is 24.3 Å². The van der Waals surface area contributed by atoms with Gasteiger partial charge < -0.3 is 19.9 Å². The number of methoxy groups -OCH3 is 2. The van der Waals surface area contributed by atoms with E-state index in [2.05, 4.69) is 19.2 Å². The van der Waals surface area contributed by atoms with Gasteiger partial charge in [-0.2, -0.15) is 0 Å². The van der Waals surface area contributed by atoms with Crippen LogP contribution in [0.5, 0.6) is 11.5 Å². The lowest BCUT2D eigenvalue weighted by Crippen LogP contribution is -2.21.